The maximum Gasteiger partial charge on any atom is 0.183 e. The van der Waals surface area contributed by atoms with Crippen molar-refractivity contribution in [2.45, 2.75) is 29.6 Å². The van der Waals surface area contributed by atoms with Crippen LogP contribution in [0.1, 0.15) is 24.0 Å². The zero-order chi connectivity index (χ0) is 17.7. The molecule has 0 aliphatic heterocycles. The van der Waals surface area contributed by atoms with Crippen molar-refractivity contribution < 1.29 is 9.26 Å². The van der Waals surface area contributed by atoms with Crippen molar-refractivity contribution in [2.24, 2.45) is 0 Å². The molecule has 6 heteroatoms. The summed E-state index contributed by atoms with van der Waals surface area (Å²) in [7, 11) is 1.68. The van der Waals surface area contributed by atoms with Crippen LogP contribution < -0.4 is 9.46 Å². The average Bonchev–Trinajstić information content (AvgIpc) is 3.31. The molecule has 1 spiro atoms. The van der Waals surface area contributed by atoms with E-state index in [1.807, 2.05) is 24.3 Å². The summed E-state index contributed by atoms with van der Waals surface area (Å²) in [6.45, 7) is 0. The molecule has 0 saturated heterocycles. The molecule has 0 radical (unpaired) electrons. The van der Waals surface area contributed by atoms with Crippen molar-refractivity contribution in [3.63, 3.8) is 0 Å². The average molecular weight is 429 g/mol. The first-order valence-corrected chi connectivity index (χ1v) is 10.2. The predicted octanol–water partition coefficient (Wildman–Crippen LogP) is 5.82. The Hall–Kier alpha value is -1.92. The maximum atomic E-state index is 5.76. The van der Waals surface area contributed by atoms with Crippen LogP contribution in [0.15, 0.2) is 56.4 Å². The summed E-state index contributed by atoms with van der Waals surface area (Å²) in [5, 5.41) is 4.33. The van der Waals surface area contributed by atoms with Crippen LogP contribution in [0.5, 0.6) is 5.75 Å². The molecule has 0 unspecified atom stereocenters. The van der Waals surface area contributed by atoms with Crippen LogP contribution in [0, 0.1) is 0 Å². The number of para-hydroxylation sites is 1. The van der Waals surface area contributed by atoms with E-state index in [2.05, 4.69) is 44.0 Å². The first-order valence-electron chi connectivity index (χ1n) is 8.55. The number of nitrogens with one attached hydrogen (secondary N) is 1. The van der Waals surface area contributed by atoms with Crippen LogP contribution in [-0.4, -0.2) is 12.3 Å². The van der Waals surface area contributed by atoms with Gasteiger partial charge in [0.1, 0.15) is 5.75 Å². The van der Waals surface area contributed by atoms with E-state index in [0.29, 0.717) is 0 Å². The zero-order valence-corrected chi connectivity index (χ0v) is 16.6. The van der Waals surface area contributed by atoms with Gasteiger partial charge in [-0.05, 0) is 61.0 Å². The summed E-state index contributed by atoms with van der Waals surface area (Å²) >= 11 is 5.09. The monoisotopic (exact) mass is 428 g/mol. The Morgan fingerprint density at radius 1 is 1.23 bits per heavy atom. The number of methoxy groups -OCH3 is 1. The molecule has 2 aliphatic rings. The zero-order valence-electron chi connectivity index (χ0n) is 14.2. The van der Waals surface area contributed by atoms with Gasteiger partial charge < -0.3 is 14.0 Å². The van der Waals surface area contributed by atoms with Crippen molar-refractivity contribution in [1.29, 1.82) is 0 Å². The lowest BCUT2D eigenvalue weighted by molar-refractivity contribution is 0.405. The lowest BCUT2D eigenvalue weighted by Crippen LogP contribution is -2.17. The van der Waals surface area contributed by atoms with E-state index < -0.39 is 0 Å². The second kappa shape index (κ2) is 6.06. The number of aromatic nitrogens is 1. The van der Waals surface area contributed by atoms with Crippen LogP contribution in [0.4, 0.5) is 5.82 Å². The van der Waals surface area contributed by atoms with Crippen molar-refractivity contribution >= 4 is 33.7 Å². The summed E-state index contributed by atoms with van der Waals surface area (Å²) in [5.74, 6) is 2.55. The minimum absolute atomic E-state index is 0.264. The van der Waals surface area contributed by atoms with Gasteiger partial charge in [0.05, 0.1) is 12.0 Å². The van der Waals surface area contributed by atoms with Crippen molar-refractivity contribution in [2.75, 3.05) is 11.8 Å². The minimum Gasteiger partial charge on any atom is -0.496 e. The Morgan fingerprint density at radius 3 is 2.88 bits per heavy atom. The third-order valence-electron chi connectivity index (χ3n) is 5.28. The van der Waals surface area contributed by atoms with Crippen molar-refractivity contribution in [1.82, 2.24) is 5.16 Å². The van der Waals surface area contributed by atoms with E-state index in [4.69, 9.17) is 9.26 Å². The number of rotatable bonds is 4. The highest BCUT2D eigenvalue weighted by atomic mass is 79.9. The van der Waals surface area contributed by atoms with Gasteiger partial charge in [-0.3, -0.25) is 0 Å². The Bertz CT molecular complexity index is 997. The van der Waals surface area contributed by atoms with E-state index in [1.54, 1.807) is 7.11 Å². The van der Waals surface area contributed by atoms with Crippen LogP contribution in [0.2, 0.25) is 0 Å². The quantitative estimate of drug-likeness (QED) is 0.530. The molecule has 0 atom stereocenters. The van der Waals surface area contributed by atoms with Gasteiger partial charge in [-0.1, -0.05) is 39.3 Å². The van der Waals surface area contributed by atoms with E-state index in [9.17, 15) is 0 Å². The van der Waals surface area contributed by atoms with Gasteiger partial charge in [-0.25, -0.2) is 0 Å². The molecule has 3 aromatic rings. The number of hydrogen-bond donors (Lipinski definition) is 1. The van der Waals surface area contributed by atoms with Gasteiger partial charge in [0.15, 0.2) is 11.6 Å². The second-order valence-corrected chi connectivity index (χ2v) is 8.60. The van der Waals surface area contributed by atoms with Crippen LogP contribution in [0.25, 0.3) is 11.3 Å². The molecule has 1 saturated carbocycles. The lowest BCUT2D eigenvalue weighted by Gasteiger charge is -2.24. The van der Waals surface area contributed by atoms with E-state index in [1.165, 1.54) is 41.5 Å². The molecular weight excluding hydrogens is 412 g/mol. The van der Waals surface area contributed by atoms with Crippen LogP contribution in [0.3, 0.4) is 0 Å². The number of benzene rings is 2. The molecule has 26 heavy (non-hydrogen) atoms. The maximum absolute atomic E-state index is 5.76. The molecule has 5 rings (SSSR count). The van der Waals surface area contributed by atoms with Crippen LogP contribution in [-0.2, 0) is 11.8 Å². The molecule has 132 valence electrons. The Labute approximate surface area is 164 Å². The molecule has 4 nitrogen and oxygen atoms in total. The SMILES string of the molecule is COc1ccccc1SNc1noc2c1CC1(CC1)c1ccc(Br)cc1-2. The van der Waals surface area contributed by atoms with E-state index in [0.717, 1.165) is 33.1 Å². The van der Waals surface area contributed by atoms with Crippen molar-refractivity contribution in [3.05, 3.63) is 58.1 Å². The fourth-order valence-electron chi connectivity index (χ4n) is 3.77. The third kappa shape index (κ3) is 2.55. The summed E-state index contributed by atoms with van der Waals surface area (Å²) in [6, 6.07) is 14.4. The topological polar surface area (TPSA) is 47.3 Å². The third-order valence-corrected chi connectivity index (χ3v) is 6.63. The number of fused-ring (bicyclic) bond motifs is 4. The van der Waals surface area contributed by atoms with Gasteiger partial charge in [0.25, 0.3) is 0 Å². The largest absolute Gasteiger partial charge is 0.496 e. The fourth-order valence-corrected chi connectivity index (χ4v) is 4.90. The molecule has 2 aliphatic carbocycles. The molecule has 1 N–H and O–H groups in total. The number of nitrogens with zero attached hydrogens (tertiary/aromatic N) is 1. The summed E-state index contributed by atoms with van der Waals surface area (Å²) in [5.41, 5.74) is 4.00. The Kier molecular flexibility index (Phi) is 3.79. The molecule has 2 aromatic carbocycles. The first kappa shape index (κ1) is 16.3. The molecular formula is C20H17BrN2O2S. The highest BCUT2D eigenvalue weighted by Crippen LogP contribution is 2.58. The highest BCUT2D eigenvalue weighted by molar-refractivity contribution is 9.10. The van der Waals surface area contributed by atoms with E-state index >= 15 is 0 Å². The lowest BCUT2D eigenvalue weighted by atomic mass is 9.79. The summed E-state index contributed by atoms with van der Waals surface area (Å²) in [4.78, 5) is 1.02. The highest BCUT2D eigenvalue weighted by Gasteiger charge is 2.50. The summed E-state index contributed by atoms with van der Waals surface area (Å²) in [6.07, 6.45) is 3.44. The Balaban J connectivity index is 1.49. The standard InChI is InChI=1S/C20H17BrN2O2S/c1-24-16-4-2-3-5-17(16)26-23-19-14-11-20(8-9-20)15-7-6-12(21)10-13(15)18(14)25-22-19/h2-7,10H,8-9,11H2,1H3,(H,22,23). The first-order chi connectivity index (χ1) is 12.7. The van der Waals surface area contributed by atoms with Gasteiger partial charge in [-0.15, -0.1) is 0 Å². The molecule has 0 bridgehead atoms. The van der Waals surface area contributed by atoms with Gasteiger partial charge in [0.2, 0.25) is 0 Å². The Morgan fingerprint density at radius 2 is 2.08 bits per heavy atom. The van der Waals surface area contributed by atoms with Gasteiger partial charge in [0, 0.05) is 21.0 Å². The number of halogens is 1. The number of hydrogen-bond acceptors (Lipinski definition) is 5. The molecule has 1 fully saturated rings. The van der Waals surface area contributed by atoms with Crippen molar-refractivity contribution in [3.8, 4) is 17.1 Å². The van der Waals surface area contributed by atoms with Crippen LogP contribution >= 0.6 is 27.9 Å². The van der Waals surface area contributed by atoms with Gasteiger partial charge >= 0.3 is 0 Å². The normalized spacial score (nSPS) is 16.1. The number of ether oxygens (including phenoxy) is 1. The molecule has 1 aromatic heterocycles. The fraction of sp³-hybridized carbons (Fsp3) is 0.250. The summed E-state index contributed by atoms with van der Waals surface area (Å²) < 4.78 is 15.6. The van der Waals surface area contributed by atoms with Gasteiger partial charge in [-0.2, -0.15) is 0 Å². The smallest absolute Gasteiger partial charge is 0.183 e. The number of anilines is 1. The molecule has 0 amide bonds. The van der Waals surface area contributed by atoms with E-state index in [-0.39, 0.29) is 5.41 Å². The molecule has 1 heterocycles. The second-order valence-electron chi connectivity index (χ2n) is 6.84. The minimum atomic E-state index is 0.264. The predicted molar refractivity (Wildman–Crippen MR) is 107 cm³/mol.